The van der Waals surface area contributed by atoms with Gasteiger partial charge in [0.25, 0.3) is 0 Å². The highest BCUT2D eigenvalue weighted by Crippen LogP contribution is 2.19. The van der Waals surface area contributed by atoms with Crippen molar-refractivity contribution in [3.05, 3.63) is 0 Å². The number of rotatable bonds is 4. The molecule has 0 atom stereocenters. The first-order valence-electron chi connectivity index (χ1n) is 6.64. The summed E-state index contributed by atoms with van der Waals surface area (Å²) in [6.45, 7) is 10.4. The minimum atomic E-state index is -0.131. The van der Waals surface area contributed by atoms with Crippen LogP contribution in [-0.4, -0.2) is 48.0 Å². The maximum Gasteiger partial charge on any atom is 0.319 e. The molecule has 0 aliphatic carbocycles. The normalized spacial score (nSPS) is 16.3. The quantitative estimate of drug-likeness (QED) is 0.776. The molecule has 0 saturated carbocycles. The monoisotopic (exact) mass is 255 g/mol. The van der Waals surface area contributed by atoms with Crippen molar-refractivity contribution < 1.29 is 9.59 Å². The van der Waals surface area contributed by atoms with Gasteiger partial charge < -0.3 is 10.2 Å². The SMILES string of the molecule is CCN1CN(C(=O)NCCCC(C)(C)C)CC1=O. The Hall–Kier alpha value is -1.26. The molecule has 1 rings (SSSR count). The lowest BCUT2D eigenvalue weighted by Gasteiger charge is -2.19. The summed E-state index contributed by atoms with van der Waals surface area (Å²) in [5.41, 5.74) is 0.299. The van der Waals surface area contributed by atoms with E-state index in [4.69, 9.17) is 0 Å². The van der Waals surface area contributed by atoms with Crippen molar-refractivity contribution in [1.82, 2.24) is 15.1 Å². The molecule has 18 heavy (non-hydrogen) atoms. The zero-order chi connectivity index (χ0) is 13.8. The molecule has 0 aromatic carbocycles. The number of hydrogen-bond acceptors (Lipinski definition) is 2. The summed E-state index contributed by atoms with van der Waals surface area (Å²) in [4.78, 5) is 26.5. The summed E-state index contributed by atoms with van der Waals surface area (Å²) in [5.74, 6) is 0.0299. The molecular weight excluding hydrogens is 230 g/mol. The fourth-order valence-corrected chi connectivity index (χ4v) is 1.94. The zero-order valence-electron chi connectivity index (χ0n) is 12.0. The van der Waals surface area contributed by atoms with Crippen LogP contribution in [0.1, 0.15) is 40.5 Å². The van der Waals surface area contributed by atoms with Crippen molar-refractivity contribution in [2.45, 2.75) is 40.5 Å². The molecule has 5 heteroatoms. The minimum absolute atomic E-state index is 0.0299. The van der Waals surface area contributed by atoms with Crippen LogP contribution in [0.25, 0.3) is 0 Å². The van der Waals surface area contributed by atoms with Gasteiger partial charge in [0, 0.05) is 13.1 Å². The predicted molar refractivity (Wildman–Crippen MR) is 71.0 cm³/mol. The van der Waals surface area contributed by atoms with Gasteiger partial charge in [-0.15, -0.1) is 0 Å². The number of carbonyl (C=O) groups is 2. The zero-order valence-corrected chi connectivity index (χ0v) is 12.0. The topological polar surface area (TPSA) is 52.6 Å². The van der Waals surface area contributed by atoms with E-state index in [2.05, 4.69) is 26.1 Å². The van der Waals surface area contributed by atoms with Gasteiger partial charge in [-0.2, -0.15) is 0 Å². The molecule has 0 aromatic heterocycles. The molecule has 3 amide bonds. The lowest BCUT2D eigenvalue weighted by atomic mass is 9.91. The highest BCUT2D eigenvalue weighted by Gasteiger charge is 2.29. The van der Waals surface area contributed by atoms with Crippen LogP contribution in [0.3, 0.4) is 0 Å². The van der Waals surface area contributed by atoms with Crippen LogP contribution >= 0.6 is 0 Å². The van der Waals surface area contributed by atoms with E-state index >= 15 is 0 Å². The van der Waals surface area contributed by atoms with Gasteiger partial charge in [0.1, 0.15) is 6.54 Å². The van der Waals surface area contributed by atoms with E-state index in [-0.39, 0.29) is 18.5 Å². The van der Waals surface area contributed by atoms with Crippen molar-refractivity contribution in [2.75, 3.05) is 26.3 Å². The Kier molecular flexibility index (Phi) is 4.99. The van der Waals surface area contributed by atoms with E-state index in [1.807, 2.05) is 6.92 Å². The number of nitrogens with one attached hydrogen (secondary N) is 1. The summed E-state index contributed by atoms with van der Waals surface area (Å²) in [7, 11) is 0. The minimum Gasteiger partial charge on any atom is -0.338 e. The molecule has 1 fully saturated rings. The lowest BCUT2D eigenvalue weighted by molar-refractivity contribution is -0.126. The Morgan fingerprint density at radius 1 is 1.39 bits per heavy atom. The summed E-state index contributed by atoms with van der Waals surface area (Å²) < 4.78 is 0. The van der Waals surface area contributed by atoms with Crippen molar-refractivity contribution in [3.8, 4) is 0 Å². The summed E-state index contributed by atoms with van der Waals surface area (Å²) in [6, 6.07) is -0.131. The van der Waals surface area contributed by atoms with Gasteiger partial charge in [0.15, 0.2) is 0 Å². The summed E-state index contributed by atoms with van der Waals surface area (Å²) >= 11 is 0. The Morgan fingerprint density at radius 3 is 2.56 bits per heavy atom. The lowest BCUT2D eigenvalue weighted by Crippen LogP contribution is -2.40. The van der Waals surface area contributed by atoms with Crippen molar-refractivity contribution in [3.63, 3.8) is 0 Å². The smallest absolute Gasteiger partial charge is 0.319 e. The average Bonchev–Trinajstić information content (AvgIpc) is 2.64. The largest absolute Gasteiger partial charge is 0.338 e. The van der Waals surface area contributed by atoms with Gasteiger partial charge in [0.05, 0.1) is 6.67 Å². The van der Waals surface area contributed by atoms with E-state index in [1.54, 1.807) is 9.80 Å². The van der Waals surface area contributed by atoms with Crippen molar-refractivity contribution in [1.29, 1.82) is 0 Å². The highest BCUT2D eigenvalue weighted by molar-refractivity contribution is 5.87. The molecule has 1 heterocycles. The average molecular weight is 255 g/mol. The predicted octanol–water partition coefficient (Wildman–Crippen LogP) is 1.64. The second-order valence-corrected chi connectivity index (χ2v) is 5.99. The van der Waals surface area contributed by atoms with E-state index in [0.717, 1.165) is 12.8 Å². The second-order valence-electron chi connectivity index (χ2n) is 5.99. The third-order valence-electron chi connectivity index (χ3n) is 3.07. The molecular formula is C13H25N3O2. The van der Waals surface area contributed by atoms with Gasteiger partial charge >= 0.3 is 6.03 Å². The van der Waals surface area contributed by atoms with Crippen LogP contribution in [0, 0.1) is 5.41 Å². The fourth-order valence-electron chi connectivity index (χ4n) is 1.94. The van der Waals surface area contributed by atoms with Crippen LogP contribution < -0.4 is 5.32 Å². The number of likely N-dealkylation sites (N-methyl/N-ethyl adjacent to an activating group) is 1. The first-order chi connectivity index (χ1) is 8.33. The molecule has 0 unspecified atom stereocenters. The number of hydrogen-bond donors (Lipinski definition) is 1. The molecule has 0 radical (unpaired) electrons. The first-order valence-corrected chi connectivity index (χ1v) is 6.64. The Bertz CT molecular complexity index is 310. The second kappa shape index (κ2) is 6.07. The molecule has 104 valence electrons. The number of carbonyl (C=O) groups excluding carboxylic acids is 2. The van der Waals surface area contributed by atoms with Crippen LogP contribution in [0.15, 0.2) is 0 Å². The van der Waals surface area contributed by atoms with Gasteiger partial charge in [0.2, 0.25) is 5.91 Å². The molecule has 1 N–H and O–H groups in total. The van der Waals surface area contributed by atoms with Crippen molar-refractivity contribution >= 4 is 11.9 Å². The van der Waals surface area contributed by atoms with Gasteiger partial charge in [-0.05, 0) is 25.2 Å². The third-order valence-corrected chi connectivity index (χ3v) is 3.07. The molecule has 1 aliphatic rings. The fraction of sp³-hybridized carbons (Fsp3) is 0.846. The Balaban J connectivity index is 2.24. The Morgan fingerprint density at radius 2 is 2.06 bits per heavy atom. The highest BCUT2D eigenvalue weighted by atomic mass is 16.2. The van der Waals surface area contributed by atoms with Gasteiger partial charge in [-0.3, -0.25) is 9.69 Å². The first kappa shape index (κ1) is 14.8. The van der Waals surface area contributed by atoms with Gasteiger partial charge in [-0.25, -0.2) is 4.79 Å². The van der Waals surface area contributed by atoms with E-state index < -0.39 is 0 Å². The number of nitrogens with zero attached hydrogens (tertiary/aromatic N) is 2. The molecule has 0 spiro atoms. The van der Waals surface area contributed by atoms with Crippen LogP contribution in [-0.2, 0) is 4.79 Å². The van der Waals surface area contributed by atoms with E-state index in [1.165, 1.54) is 0 Å². The van der Waals surface area contributed by atoms with E-state index in [0.29, 0.717) is 25.2 Å². The molecule has 0 bridgehead atoms. The standard InChI is InChI=1S/C13H25N3O2/c1-5-15-10-16(9-11(15)17)12(18)14-8-6-7-13(2,3)4/h5-10H2,1-4H3,(H,14,18). The number of amides is 3. The van der Waals surface area contributed by atoms with Crippen LogP contribution in [0.5, 0.6) is 0 Å². The molecule has 0 aromatic rings. The van der Waals surface area contributed by atoms with E-state index in [9.17, 15) is 9.59 Å². The van der Waals surface area contributed by atoms with Crippen molar-refractivity contribution in [2.24, 2.45) is 5.41 Å². The maximum atomic E-state index is 11.8. The molecule has 5 nitrogen and oxygen atoms in total. The van der Waals surface area contributed by atoms with Gasteiger partial charge in [-0.1, -0.05) is 20.8 Å². The summed E-state index contributed by atoms with van der Waals surface area (Å²) in [6.07, 6.45) is 2.04. The Labute approximate surface area is 110 Å². The molecule has 1 aliphatic heterocycles. The number of urea groups is 1. The third kappa shape index (κ3) is 4.55. The van der Waals surface area contributed by atoms with Crippen LogP contribution in [0.4, 0.5) is 4.79 Å². The molecule has 1 saturated heterocycles. The summed E-state index contributed by atoms with van der Waals surface area (Å²) in [5, 5.41) is 2.87. The maximum absolute atomic E-state index is 11.8. The van der Waals surface area contributed by atoms with Crippen LogP contribution in [0.2, 0.25) is 0 Å².